The summed E-state index contributed by atoms with van der Waals surface area (Å²) in [5.41, 5.74) is 1.01. The molecule has 8 heteroatoms. The number of halogens is 3. The van der Waals surface area contributed by atoms with Crippen molar-refractivity contribution < 1.29 is 27.5 Å². The van der Waals surface area contributed by atoms with E-state index in [0.717, 1.165) is 11.3 Å². The quantitative estimate of drug-likeness (QED) is 0.848. The maximum absolute atomic E-state index is 12.2. The van der Waals surface area contributed by atoms with E-state index in [-0.39, 0.29) is 25.3 Å². The van der Waals surface area contributed by atoms with Crippen LogP contribution in [0.25, 0.3) is 0 Å². The Bertz CT molecular complexity index is 602. The predicted molar refractivity (Wildman–Crippen MR) is 85.1 cm³/mol. The van der Waals surface area contributed by atoms with Gasteiger partial charge in [-0.05, 0) is 30.5 Å². The molecule has 1 heterocycles. The number of hydrogen-bond donors (Lipinski definition) is 1. The molecule has 1 unspecified atom stereocenters. The molecule has 1 fully saturated rings. The van der Waals surface area contributed by atoms with Gasteiger partial charge in [-0.15, -0.1) is 0 Å². The first-order chi connectivity index (χ1) is 11.8. The number of nitrogens with one attached hydrogen (secondary N) is 1. The number of alkyl halides is 3. The number of piperidine rings is 1. The third kappa shape index (κ3) is 5.95. The third-order valence-corrected chi connectivity index (χ3v) is 4.16. The number of carbonyl (C=O) groups excluding carboxylic acids is 2. The molecule has 1 saturated heterocycles. The number of benzene rings is 1. The van der Waals surface area contributed by atoms with Crippen molar-refractivity contribution in [2.45, 2.75) is 25.4 Å². The number of amides is 2. The standard InChI is InChI=1S/C17H21F3N2O3/c1-25-14-5-2-12(3-6-14)8-9-22-10-13(4-7-15(22)23)16(24)21-11-17(18,19)20/h2-3,5-6,13H,4,7-11H2,1H3,(H,21,24). The van der Waals surface area contributed by atoms with Crippen LogP contribution in [-0.4, -0.2) is 49.6 Å². The van der Waals surface area contributed by atoms with Gasteiger partial charge in [-0.3, -0.25) is 9.59 Å². The van der Waals surface area contributed by atoms with E-state index in [1.54, 1.807) is 12.0 Å². The first-order valence-electron chi connectivity index (χ1n) is 8.03. The molecule has 1 aromatic rings. The van der Waals surface area contributed by atoms with Crippen LogP contribution in [0.5, 0.6) is 5.75 Å². The van der Waals surface area contributed by atoms with Gasteiger partial charge in [0.1, 0.15) is 12.3 Å². The molecule has 1 atom stereocenters. The second-order valence-corrected chi connectivity index (χ2v) is 6.01. The summed E-state index contributed by atoms with van der Waals surface area (Å²) in [6.07, 6.45) is -3.38. The number of hydrogen-bond acceptors (Lipinski definition) is 3. The first kappa shape index (κ1) is 19.1. The number of methoxy groups -OCH3 is 1. The number of rotatable bonds is 6. The molecule has 0 spiro atoms. The summed E-state index contributed by atoms with van der Waals surface area (Å²) < 4.78 is 41.7. The second-order valence-electron chi connectivity index (χ2n) is 6.01. The van der Waals surface area contributed by atoms with Crippen molar-refractivity contribution in [3.63, 3.8) is 0 Å². The van der Waals surface area contributed by atoms with Crippen molar-refractivity contribution in [1.82, 2.24) is 10.2 Å². The maximum atomic E-state index is 12.2. The van der Waals surface area contributed by atoms with Crippen molar-refractivity contribution in [3.8, 4) is 5.75 Å². The average molecular weight is 358 g/mol. The Kier molecular flexibility index (Phi) is 6.27. The largest absolute Gasteiger partial charge is 0.497 e. The van der Waals surface area contributed by atoms with E-state index in [1.807, 2.05) is 29.6 Å². The summed E-state index contributed by atoms with van der Waals surface area (Å²) in [6.45, 7) is -0.769. The summed E-state index contributed by atoms with van der Waals surface area (Å²) in [5.74, 6) is -0.595. The van der Waals surface area contributed by atoms with Crippen molar-refractivity contribution in [3.05, 3.63) is 29.8 Å². The Morgan fingerprint density at radius 2 is 2.00 bits per heavy atom. The predicted octanol–water partition coefficient (Wildman–Crippen LogP) is 2.15. The Morgan fingerprint density at radius 1 is 1.32 bits per heavy atom. The summed E-state index contributed by atoms with van der Waals surface area (Å²) in [5, 5.41) is 1.90. The molecule has 0 radical (unpaired) electrons. The Labute approximate surface area is 144 Å². The minimum atomic E-state index is -4.44. The van der Waals surface area contributed by atoms with E-state index in [0.29, 0.717) is 13.0 Å². The lowest BCUT2D eigenvalue weighted by Crippen LogP contribution is -2.47. The van der Waals surface area contributed by atoms with Crippen LogP contribution in [-0.2, 0) is 16.0 Å². The lowest BCUT2D eigenvalue weighted by atomic mass is 9.96. The summed E-state index contributed by atoms with van der Waals surface area (Å²) in [4.78, 5) is 25.4. The topological polar surface area (TPSA) is 58.6 Å². The van der Waals surface area contributed by atoms with E-state index >= 15 is 0 Å². The van der Waals surface area contributed by atoms with Gasteiger partial charge in [0.2, 0.25) is 11.8 Å². The van der Waals surface area contributed by atoms with E-state index < -0.39 is 24.5 Å². The summed E-state index contributed by atoms with van der Waals surface area (Å²) >= 11 is 0. The minimum absolute atomic E-state index is 0.0756. The molecule has 2 amide bonds. The molecule has 138 valence electrons. The highest BCUT2D eigenvalue weighted by molar-refractivity contribution is 5.83. The molecule has 0 saturated carbocycles. The number of likely N-dealkylation sites (tertiary alicyclic amines) is 1. The molecule has 1 aromatic carbocycles. The fraction of sp³-hybridized carbons (Fsp3) is 0.529. The maximum Gasteiger partial charge on any atom is 0.405 e. The molecule has 1 aliphatic heterocycles. The molecule has 0 aromatic heterocycles. The summed E-state index contributed by atoms with van der Waals surface area (Å²) in [7, 11) is 1.57. The van der Waals surface area contributed by atoms with Crippen LogP contribution < -0.4 is 10.1 Å². The lowest BCUT2D eigenvalue weighted by molar-refractivity contribution is -0.145. The normalized spacial score (nSPS) is 18.2. The van der Waals surface area contributed by atoms with Gasteiger partial charge in [0.25, 0.3) is 0 Å². The monoisotopic (exact) mass is 358 g/mol. The molecular weight excluding hydrogens is 337 g/mol. The van der Waals surface area contributed by atoms with Crippen LogP contribution >= 0.6 is 0 Å². The van der Waals surface area contributed by atoms with Gasteiger partial charge in [0.15, 0.2) is 0 Å². The SMILES string of the molecule is COc1ccc(CCN2CC(C(=O)NCC(F)(F)F)CCC2=O)cc1. The van der Waals surface area contributed by atoms with Gasteiger partial charge in [0, 0.05) is 19.5 Å². The zero-order chi connectivity index (χ0) is 18.4. The van der Waals surface area contributed by atoms with Crippen molar-refractivity contribution in [2.24, 2.45) is 5.92 Å². The molecule has 0 aliphatic carbocycles. The van der Waals surface area contributed by atoms with Crippen molar-refractivity contribution in [1.29, 1.82) is 0 Å². The smallest absolute Gasteiger partial charge is 0.405 e. The number of ether oxygens (including phenoxy) is 1. The van der Waals surface area contributed by atoms with Crippen molar-refractivity contribution >= 4 is 11.8 Å². The van der Waals surface area contributed by atoms with Gasteiger partial charge in [0.05, 0.1) is 13.0 Å². The van der Waals surface area contributed by atoms with E-state index in [1.165, 1.54) is 0 Å². The molecule has 5 nitrogen and oxygen atoms in total. The van der Waals surface area contributed by atoms with Gasteiger partial charge >= 0.3 is 6.18 Å². The Morgan fingerprint density at radius 3 is 2.60 bits per heavy atom. The second kappa shape index (κ2) is 8.22. The molecule has 25 heavy (non-hydrogen) atoms. The Hall–Kier alpha value is -2.25. The van der Waals surface area contributed by atoms with Gasteiger partial charge < -0.3 is 15.0 Å². The third-order valence-electron chi connectivity index (χ3n) is 4.16. The molecule has 2 rings (SSSR count). The zero-order valence-electron chi connectivity index (χ0n) is 13.9. The van der Waals surface area contributed by atoms with E-state index in [2.05, 4.69) is 0 Å². The van der Waals surface area contributed by atoms with E-state index in [4.69, 9.17) is 4.74 Å². The fourth-order valence-electron chi connectivity index (χ4n) is 2.73. The number of nitrogens with zero attached hydrogens (tertiary/aromatic N) is 1. The van der Waals surface area contributed by atoms with Gasteiger partial charge in [-0.2, -0.15) is 13.2 Å². The fourth-order valence-corrected chi connectivity index (χ4v) is 2.73. The van der Waals surface area contributed by atoms with Crippen LogP contribution in [0.1, 0.15) is 18.4 Å². The van der Waals surface area contributed by atoms with Crippen LogP contribution in [0.2, 0.25) is 0 Å². The summed E-state index contributed by atoms with van der Waals surface area (Å²) in [6, 6.07) is 7.42. The lowest BCUT2D eigenvalue weighted by Gasteiger charge is -2.32. The minimum Gasteiger partial charge on any atom is -0.497 e. The molecule has 1 N–H and O–H groups in total. The van der Waals surface area contributed by atoms with Crippen LogP contribution in [0.4, 0.5) is 13.2 Å². The molecule has 0 bridgehead atoms. The van der Waals surface area contributed by atoms with Crippen molar-refractivity contribution in [2.75, 3.05) is 26.7 Å². The van der Waals surface area contributed by atoms with Crippen LogP contribution in [0.15, 0.2) is 24.3 Å². The highest BCUT2D eigenvalue weighted by atomic mass is 19.4. The molecular formula is C17H21F3N2O3. The van der Waals surface area contributed by atoms with Crippen LogP contribution in [0.3, 0.4) is 0 Å². The van der Waals surface area contributed by atoms with Crippen LogP contribution in [0, 0.1) is 5.92 Å². The van der Waals surface area contributed by atoms with E-state index in [9.17, 15) is 22.8 Å². The van der Waals surface area contributed by atoms with Gasteiger partial charge in [-0.1, -0.05) is 12.1 Å². The zero-order valence-corrected chi connectivity index (χ0v) is 13.9. The average Bonchev–Trinajstić information content (AvgIpc) is 2.58. The number of carbonyl (C=O) groups is 2. The molecule has 1 aliphatic rings. The highest BCUT2D eigenvalue weighted by Crippen LogP contribution is 2.20. The Balaban J connectivity index is 1.86. The van der Waals surface area contributed by atoms with Gasteiger partial charge in [-0.25, -0.2) is 0 Å². The highest BCUT2D eigenvalue weighted by Gasteiger charge is 2.33. The first-order valence-corrected chi connectivity index (χ1v) is 8.03.